The number of carbonyl (C=O) groups excluding carboxylic acids is 2. The van der Waals surface area contributed by atoms with E-state index < -0.39 is 0 Å². The number of likely N-dealkylation sites (N-methyl/N-ethyl adjacent to an activating group) is 1. The monoisotopic (exact) mass is 293 g/mol. The first-order valence-corrected chi connectivity index (χ1v) is 7.15. The molecule has 1 unspecified atom stereocenters. The van der Waals surface area contributed by atoms with Crippen molar-refractivity contribution in [2.24, 2.45) is 5.92 Å². The number of hydrogen-bond acceptors (Lipinski definition) is 3. The molecule has 0 radical (unpaired) electrons. The second-order valence-corrected chi connectivity index (χ2v) is 5.30. The van der Waals surface area contributed by atoms with Crippen LogP contribution in [-0.2, 0) is 9.59 Å². The Morgan fingerprint density at radius 2 is 1.67 bits per heavy atom. The SMILES string of the molecule is CNC(C(=O)NC(C)C)C(C)C.O=CNc1ccccc1. The van der Waals surface area contributed by atoms with Gasteiger partial charge in [0.2, 0.25) is 12.3 Å². The van der Waals surface area contributed by atoms with E-state index in [1.807, 2.05) is 65.1 Å². The van der Waals surface area contributed by atoms with Gasteiger partial charge in [-0.3, -0.25) is 9.59 Å². The smallest absolute Gasteiger partial charge is 0.237 e. The van der Waals surface area contributed by atoms with Gasteiger partial charge in [-0.1, -0.05) is 32.0 Å². The molecular weight excluding hydrogens is 266 g/mol. The maximum absolute atomic E-state index is 11.5. The fourth-order valence-electron chi connectivity index (χ4n) is 1.74. The predicted molar refractivity (Wildman–Crippen MR) is 87.1 cm³/mol. The van der Waals surface area contributed by atoms with Crippen LogP contribution in [0.15, 0.2) is 30.3 Å². The molecule has 0 aliphatic rings. The Kier molecular flexibility index (Phi) is 9.88. The second kappa shape index (κ2) is 10.9. The summed E-state index contributed by atoms with van der Waals surface area (Å²) in [7, 11) is 1.81. The maximum Gasteiger partial charge on any atom is 0.237 e. The third-order valence-corrected chi connectivity index (χ3v) is 2.69. The lowest BCUT2D eigenvalue weighted by atomic mass is 10.0. The zero-order valence-electron chi connectivity index (χ0n) is 13.5. The van der Waals surface area contributed by atoms with Gasteiger partial charge in [-0.25, -0.2) is 0 Å². The molecule has 0 bridgehead atoms. The Hall–Kier alpha value is -1.88. The molecule has 0 saturated heterocycles. The molecule has 1 aromatic carbocycles. The van der Waals surface area contributed by atoms with E-state index in [0.717, 1.165) is 5.69 Å². The summed E-state index contributed by atoms with van der Waals surface area (Å²) in [5.74, 6) is 0.413. The molecule has 0 spiro atoms. The summed E-state index contributed by atoms with van der Waals surface area (Å²) in [4.78, 5) is 21.3. The Morgan fingerprint density at radius 3 is 2.05 bits per heavy atom. The van der Waals surface area contributed by atoms with E-state index >= 15 is 0 Å². The van der Waals surface area contributed by atoms with E-state index in [1.54, 1.807) is 0 Å². The standard InChI is InChI=1S/C9H20N2O.C7H7NO/c1-6(2)8(10-5)9(12)11-7(3)4;9-6-8-7-4-2-1-3-5-7/h6-8,10H,1-5H3,(H,11,12);1-6H,(H,8,9). The molecule has 3 N–H and O–H groups in total. The summed E-state index contributed by atoms with van der Waals surface area (Å²) in [5, 5.41) is 8.40. The lowest BCUT2D eigenvalue weighted by Gasteiger charge is -2.20. The molecule has 0 aromatic heterocycles. The fraction of sp³-hybridized carbons (Fsp3) is 0.500. The van der Waals surface area contributed by atoms with Gasteiger partial charge in [0, 0.05) is 11.7 Å². The number of benzene rings is 1. The largest absolute Gasteiger partial charge is 0.353 e. The third-order valence-electron chi connectivity index (χ3n) is 2.69. The van der Waals surface area contributed by atoms with E-state index in [1.165, 1.54) is 0 Å². The minimum atomic E-state index is -0.0765. The van der Waals surface area contributed by atoms with Gasteiger partial charge in [0.15, 0.2) is 0 Å². The van der Waals surface area contributed by atoms with E-state index in [-0.39, 0.29) is 18.0 Å². The molecule has 5 heteroatoms. The lowest BCUT2D eigenvalue weighted by Crippen LogP contribution is -2.47. The van der Waals surface area contributed by atoms with Crippen molar-refractivity contribution in [3.8, 4) is 0 Å². The first kappa shape index (κ1) is 19.1. The summed E-state index contributed by atoms with van der Waals surface area (Å²) in [5.41, 5.74) is 0.826. The van der Waals surface area contributed by atoms with E-state index in [4.69, 9.17) is 0 Å². The molecule has 0 saturated carbocycles. The molecular formula is C16H27N3O2. The van der Waals surface area contributed by atoms with Crippen molar-refractivity contribution < 1.29 is 9.59 Å². The van der Waals surface area contributed by atoms with Crippen molar-refractivity contribution in [2.75, 3.05) is 12.4 Å². The predicted octanol–water partition coefficient (Wildman–Crippen LogP) is 2.01. The number of para-hydroxylation sites is 1. The van der Waals surface area contributed by atoms with E-state index in [0.29, 0.717) is 12.3 Å². The highest BCUT2D eigenvalue weighted by atomic mass is 16.2. The van der Waals surface area contributed by atoms with Gasteiger partial charge in [0.05, 0.1) is 6.04 Å². The Balaban J connectivity index is 0.000000394. The highest BCUT2D eigenvalue weighted by Crippen LogP contribution is 2.02. The molecule has 2 amide bonds. The molecule has 0 fully saturated rings. The Labute approximate surface area is 127 Å². The van der Waals surface area contributed by atoms with Crippen molar-refractivity contribution in [3.05, 3.63) is 30.3 Å². The fourth-order valence-corrected chi connectivity index (χ4v) is 1.74. The Morgan fingerprint density at radius 1 is 1.10 bits per heavy atom. The van der Waals surface area contributed by atoms with Crippen molar-refractivity contribution in [3.63, 3.8) is 0 Å². The second-order valence-electron chi connectivity index (χ2n) is 5.30. The minimum absolute atomic E-state index is 0.0765. The molecule has 0 aliphatic heterocycles. The zero-order valence-corrected chi connectivity index (χ0v) is 13.5. The molecule has 21 heavy (non-hydrogen) atoms. The van der Waals surface area contributed by atoms with Crippen LogP contribution in [0.25, 0.3) is 0 Å². The van der Waals surface area contributed by atoms with Gasteiger partial charge in [0.25, 0.3) is 0 Å². The molecule has 0 heterocycles. The molecule has 1 atom stereocenters. The van der Waals surface area contributed by atoms with Crippen molar-refractivity contribution in [1.82, 2.24) is 10.6 Å². The summed E-state index contributed by atoms with van der Waals surface area (Å²) in [6, 6.07) is 9.43. The lowest BCUT2D eigenvalue weighted by molar-refractivity contribution is -0.124. The van der Waals surface area contributed by atoms with Crippen LogP contribution in [0.5, 0.6) is 0 Å². The van der Waals surface area contributed by atoms with Crippen LogP contribution in [-0.4, -0.2) is 31.4 Å². The number of hydrogen-bond donors (Lipinski definition) is 3. The number of amides is 2. The van der Waals surface area contributed by atoms with Crippen LogP contribution in [0.4, 0.5) is 5.69 Å². The Bertz CT molecular complexity index is 405. The van der Waals surface area contributed by atoms with Crippen molar-refractivity contribution >= 4 is 18.0 Å². The minimum Gasteiger partial charge on any atom is -0.353 e. The van der Waals surface area contributed by atoms with Gasteiger partial charge >= 0.3 is 0 Å². The number of nitrogens with one attached hydrogen (secondary N) is 3. The van der Waals surface area contributed by atoms with Gasteiger partial charge in [-0.2, -0.15) is 0 Å². The maximum atomic E-state index is 11.5. The number of carbonyl (C=O) groups is 2. The average Bonchev–Trinajstić information content (AvgIpc) is 2.40. The third kappa shape index (κ3) is 8.81. The zero-order chi connectivity index (χ0) is 16.3. The summed E-state index contributed by atoms with van der Waals surface area (Å²) in [6.45, 7) is 7.98. The summed E-state index contributed by atoms with van der Waals surface area (Å²) < 4.78 is 0. The van der Waals surface area contributed by atoms with E-state index in [9.17, 15) is 9.59 Å². The highest BCUT2D eigenvalue weighted by molar-refractivity contribution is 5.82. The first-order chi connectivity index (χ1) is 9.92. The molecule has 1 aromatic rings. The van der Waals surface area contributed by atoms with Crippen molar-refractivity contribution in [2.45, 2.75) is 39.8 Å². The molecule has 118 valence electrons. The quantitative estimate of drug-likeness (QED) is 0.703. The van der Waals surface area contributed by atoms with Crippen LogP contribution >= 0.6 is 0 Å². The normalized spacial score (nSPS) is 11.4. The number of rotatable bonds is 6. The number of anilines is 1. The average molecular weight is 293 g/mol. The van der Waals surface area contributed by atoms with Crippen LogP contribution < -0.4 is 16.0 Å². The summed E-state index contributed by atoms with van der Waals surface area (Å²) in [6.07, 6.45) is 0.662. The highest BCUT2D eigenvalue weighted by Gasteiger charge is 2.19. The van der Waals surface area contributed by atoms with Gasteiger partial charge in [-0.15, -0.1) is 0 Å². The summed E-state index contributed by atoms with van der Waals surface area (Å²) >= 11 is 0. The van der Waals surface area contributed by atoms with Crippen LogP contribution in [0, 0.1) is 5.92 Å². The van der Waals surface area contributed by atoms with E-state index in [2.05, 4.69) is 16.0 Å². The molecule has 0 aliphatic carbocycles. The first-order valence-electron chi connectivity index (χ1n) is 7.15. The van der Waals surface area contributed by atoms with Gasteiger partial charge < -0.3 is 16.0 Å². The topological polar surface area (TPSA) is 70.2 Å². The van der Waals surface area contributed by atoms with Crippen LogP contribution in [0.2, 0.25) is 0 Å². The van der Waals surface area contributed by atoms with Gasteiger partial charge in [0.1, 0.15) is 0 Å². The van der Waals surface area contributed by atoms with Crippen LogP contribution in [0.1, 0.15) is 27.7 Å². The van der Waals surface area contributed by atoms with Gasteiger partial charge in [-0.05, 0) is 38.9 Å². The molecule has 5 nitrogen and oxygen atoms in total. The van der Waals surface area contributed by atoms with Crippen LogP contribution in [0.3, 0.4) is 0 Å². The molecule has 1 rings (SSSR count). The van der Waals surface area contributed by atoms with Crippen molar-refractivity contribution in [1.29, 1.82) is 0 Å².